The van der Waals surface area contributed by atoms with Gasteiger partial charge in [0.1, 0.15) is 0 Å². The average molecular weight is 367 g/mol. The smallest absolute Gasteiger partial charge is 0.258 e. The molecule has 4 rings (SSSR count). The Labute approximate surface area is 156 Å². The fraction of sp³-hybridized carbons (Fsp3) is 0.300. The van der Waals surface area contributed by atoms with E-state index in [9.17, 15) is 4.79 Å². The van der Waals surface area contributed by atoms with Crippen LogP contribution in [0.3, 0.4) is 0 Å². The van der Waals surface area contributed by atoms with Gasteiger partial charge in [-0.25, -0.2) is 0 Å². The number of H-pyrrole nitrogens is 1. The molecule has 1 unspecified atom stereocenters. The molecule has 0 bridgehead atoms. The van der Waals surface area contributed by atoms with Crippen molar-refractivity contribution in [3.8, 4) is 11.3 Å². The molecule has 1 aliphatic heterocycles. The summed E-state index contributed by atoms with van der Waals surface area (Å²) >= 11 is 1.65. The summed E-state index contributed by atoms with van der Waals surface area (Å²) in [5.41, 5.74) is 3.47. The van der Waals surface area contributed by atoms with E-state index in [2.05, 4.69) is 21.6 Å². The molecule has 1 aliphatic rings. The van der Waals surface area contributed by atoms with Crippen LogP contribution in [0.1, 0.15) is 28.8 Å². The fourth-order valence-corrected chi connectivity index (χ4v) is 3.96. The molecule has 26 heavy (non-hydrogen) atoms. The van der Waals surface area contributed by atoms with E-state index < -0.39 is 0 Å². The molecule has 1 amide bonds. The van der Waals surface area contributed by atoms with Crippen molar-refractivity contribution in [1.82, 2.24) is 15.1 Å². The van der Waals surface area contributed by atoms with Crippen LogP contribution in [-0.2, 0) is 11.3 Å². The van der Waals surface area contributed by atoms with E-state index in [0.29, 0.717) is 18.7 Å². The lowest BCUT2D eigenvalue weighted by Crippen LogP contribution is -2.37. The first-order valence-electron chi connectivity index (χ1n) is 8.82. The van der Waals surface area contributed by atoms with Gasteiger partial charge in [0.15, 0.2) is 0 Å². The van der Waals surface area contributed by atoms with Crippen molar-refractivity contribution < 1.29 is 9.53 Å². The first-order valence-corrected chi connectivity index (χ1v) is 9.76. The first kappa shape index (κ1) is 17.0. The summed E-state index contributed by atoms with van der Waals surface area (Å²) < 4.78 is 5.77. The molecule has 1 saturated heterocycles. The molecule has 0 spiro atoms. The molecule has 3 heterocycles. The molecule has 2 aromatic heterocycles. The monoisotopic (exact) mass is 367 g/mol. The Kier molecular flexibility index (Phi) is 5.13. The lowest BCUT2D eigenvalue weighted by Gasteiger charge is -2.25. The van der Waals surface area contributed by atoms with Gasteiger partial charge in [-0.05, 0) is 35.2 Å². The number of ether oxygens (including phenoxy) is 1. The quantitative estimate of drug-likeness (QED) is 0.717. The van der Waals surface area contributed by atoms with E-state index in [4.69, 9.17) is 4.74 Å². The molecule has 5 nitrogen and oxygen atoms in total. The van der Waals surface area contributed by atoms with Crippen LogP contribution in [0, 0.1) is 0 Å². The Morgan fingerprint density at radius 1 is 1.31 bits per heavy atom. The van der Waals surface area contributed by atoms with Crippen molar-refractivity contribution in [2.75, 3.05) is 13.2 Å². The summed E-state index contributed by atoms with van der Waals surface area (Å²) in [5.74, 6) is -0.0145. The molecule has 6 heteroatoms. The summed E-state index contributed by atoms with van der Waals surface area (Å²) in [6, 6.07) is 11.9. The first-order chi connectivity index (χ1) is 12.8. The molecular weight excluding hydrogens is 346 g/mol. The maximum atomic E-state index is 13.3. The minimum atomic E-state index is -0.0145. The number of nitrogens with one attached hydrogen (secondary N) is 1. The second kappa shape index (κ2) is 7.85. The van der Waals surface area contributed by atoms with Crippen molar-refractivity contribution in [3.63, 3.8) is 0 Å². The maximum Gasteiger partial charge on any atom is 0.258 e. The normalized spacial score (nSPS) is 16.7. The third-order valence-electron chi connectivity index (χ3n) is 4.62. The fourth-order valence-electron chi connectivity index (χ4n) is 3.30. The zero-order valence-electron chi connectivity index (χ0n) is 14.4. The van der Waals surface area contributed by atoms with Gasteiger partial charge >= 0.3 is 0 Å². The van der Waals surface area contributed by atoms with Crippen LogP contribution in [0.25, 0.3) is 11.3 Å². The van der Waals surface area contributed by atoms with Crippen molar-refractivity contribution in [2.24, 2.45) is 0 Å². The summed E-state index contributed by atoms with van der Waals surface area (Å²) in [5, 5.41) is 11.2. The number of carbonyl (C=O) groups is 1. The molecular formula is C20H21N3O2S. The number of thiophene rings is 1. The number of carbonyl (C=O) groups excluding carboxylic acids is 1. The van der Waals surface area contributed by atoms with Crippen molar-refractivity contribution in [2.45, 2.75) is 25.5 Å². The standard InChI is InChI=1S/C20H21N3O2S/c24-20(18-11-21-22-19(18)16-5-2-1-3-6-16)23(12-15-8-10-26-14-15)13-17-7-4-9-25-17/h1-3,5-6,8,10-11,14,17H,4,7,9,12-13H2,(H,21,22). The summed E-state index contributed by atoms with van der Waals surface area (Å²) in [7, 11) is 0. The predicted molar refractivity (Wildman–Crippen MR) is 102 cm³/mol. The van der Waals surface area contributed by atoms with E-state index >= 15 is 0 Å². The number of rotatable bonds is 6. The van der Waals surface area contributed by atoms with Gasteiger partial charge in [-0.1, -0.05) is 30.3 Å². The van der Waals surface area contributed by atoms with Crippen LogP contribution in [-0.4, -0.2) is 40.3 Å². The molecule has 1 aromatic carbocycles. The molecule has 1 N–H and O–H groups in total. The van der Waals surface area contributed by atoms with Crippen LogP contribution in [0.4, 0.5) is 0 Å². The number of nitrogens with zero attached hydrogens (tertiary/aromatic N) is 2. The minimum Gasteiger partial charge on any atom is -0.376 e. The highest BCUT2D eigenvalue weighted by molar-refractivity contribution is 7.07. The topological polar surface area (TPSA) is 58.2 Å². The van der Waals surface area contributed by atoms with Crippen molar-refractivity contribution in [3.05, 3.63) is 64.5 Å². The predicted octanol–water partition coefficient (Wildman–Crippen LogP) is 3.96. The molecule has 0 aliphatic carbocycles. The summed E-state index contributed by atoms with van der Waals surface area (Å²) in [6.07, 6.45) is 3.81. The molecule has 1 fully saturated rings. The Bertz CT molecular complexity index is 839. The second-order valence-corrected chi connectivity index (χ2v) is 7.26. The highest BCUT2D eigenvalue weighted by Crippen LogP contribution is 2.24. The van der Waals surface area contributed by atoms with E-state index in [1.165, 1.54) is 0 Å². The highest BCUT2D eigenvalue weighted by atomic mass is 32.1. The van der Waals surface area contributed by atoms with Crippen LogP contribution >= 0.6 is 11.3 Å². The lowest BCUT2D eigenvalue weighted by atomic mass is 10.1. The van der Waals surface area contributed by atoms with Gasteiger partial charge in [-0.15, -0.1) is 0 Å². The van der Waals surface area contributed by atoms with Crippen molar-refractivity contribution >= 4 is 17.2 Å². The van der Waals surface area contributed by atoms with Gasteiger partial charge in [0.2, 0.25) is 0 Å². The van der Waals surface area contributed by atoms with Crippen LogP contribution in [0.2, 0.25) is 0 Å². The number of aromatic nitrogens is 2. The number of benzene rings is 1. The number of hydrogen-bond donors (Lipinski definition) is 1. The van der Waals surface area contributed by atoms with Crippen molar-refractivity contribution in [1.29, 1.82) is 0 Å². The van der Waals surface area contributed by atoms with E-state index in [1.54, 1.807) is 17.5 Å². The number of hydrogen-bond acceptors (Lipinski definition) is 4. The highest BCUT2D eigenvalue weighted by Gasteiger charge is 2.26. The van der Waals surface area contributed by atoms with Gasteiger partial charge in [0.25, 0.3) is 5.91 Å². The van der Waals surface area contributed by atoms with Gasteiger partial charge in [-0.3, -0.25) is 9.89 Å². The molecule has 0 radical (unpaired) electrons. The largest absolute Gasteiger partial charge is 0.376 e. The Morgan fingerprint density at radius 2 is 2.19 bits per heavy atom. The van der Waals surface area contributed by atoms with Gasteiger partial charge in [0.05, 0.1) is 23.6 Å². The zero-order valence-corrected chi connectivity index (χ0v) is 15.2. The lowest BCUT2D eigenvalue weighted by molar-refractivity contribution is 0.0508. The summed E-state index contributed by atoms with van der Waals surface area (Å²) in [6.45, 7) is 1.97. The number of amides is 1. The third kappa shape index (κ3) is 3.71. The second-order valence-electron chi connectivity index (χ2n) is 6.48. The molecule has 3 aromatic rings. The molecule has 134 valence electrons. The minimum absolute atomic E-state index is 0.0145. The van der Waals surface area contributed by atoms with E-state index in [0.717, 1.165) is 36.3 Å². The average Bonchev–Trinajstić information content (AvgIpc) is 3.43. The number of aromatic amines is 1. The molecule has 1 atom stereocenters. The van der Waals surface area contributed by atoms with Gasteiger partial charge < -0.3 is 9.64 Å². The van der Waals surface area contributed by atoms with Crippen LogP contribution in [0.15, 0.2) is 53.4 Å². The Morgan fingerprint density at radius 3 is 2.92 bits per heavy atom. The third-order valence-corrected chi connectivity index (χ3v) is 5.35. The van der Waals surface area contributed by atoms with E-state index in [-0.39, 0.29) is 12.0 Å². The van der Waals surface area contributed by atoms with Crippen LogP contribution < -0.4 is 0 Å². The van der Waals surface area contributed by atoms with Gasteiger partial charge in [0, 0.05) is 25.3 Å². The Hall–Kier alpha value is -2.44. The van der Waals surface area contributed by atoms with Gasteiger partial charge in [-0.2, -0.15) is 16.4 Å². The Balaban J connectivity index is 1.60. The zero-order chi connectivity index (χ0) is 17.8. The summed E-state index contributed by atoms with van der Waals surface area (Å²) in [4.78, 5) is 15.2. The SMILES string of the molecule is O=C(c1cn[nH]c1-c1ccccc1)N(Cc1ccsc1)CC1CCCO1. The molecule has 0 saturated carbocycles. The van der Waals surface area contributed by atoms with Crippen LogP contribution in [0.5, 0.6) is 0 Å². The van der Waals surface area contributed by atoms with E-state index in [1.807, 2.05) is 40.6 Å². The maximum absolute atomic E-state index is 13.3.